The molecule has 1 aromatic rings. The van der Waals surface area contributed by atoms with Crippen LogP contribution >= 0.6 is 0 Å². The fraction of sp³-hybridized carbons (Fsp3) is 0.400. The highest BCUT2D eigenvalue weighted by Gasteiger charge is 2.26. The first kappa shape index (κ1) is 9.92. The van der Waals surface area contributed by atoms with Gasteiger partial charge < -0.3 is 11.1 Å². The maximum Gasteiger partial charge on any atom is 0.295 e. The van der Waals surface area contributed by atoms with Crippen LogP contribution in [-0.4, -0.2) is 11.5 Å². The second-order valence-electron chi connectivity index (χ2n) is 3.75. The molecule has 0 saturated carbocycles. The molecule has 2 rings (SSSR count). The van der Waals surface area contributed by atoms with Crippen molar-refractivity contribution >= 4 is 11.4 Å². The van der Waals surface area contributed by atoms with Crippen molar-refractivity contribution in [2.24, 2.45) is 0 Å². The molecule has 0 amide bonds. The number of rotatable bonds is 1. The number of nitrogens with two attached hydrogens (primary N) is 1. The molecular formula is C10H13N3O2. The number of hydrogen-bond acceptors (Lipinski definition) is 4. The SMILES string of the molecule is CC1NCCc2c1ccc(N)c2[N+](=O)[O-]. The van der Waals surface area contributed by atoms with Crippen molar-refractivity contribution in [1.82, 2.24) is 5.32 Å². The van der Waals surface area contributed by atoms with Gasteiger partial charge in [-0.3, -0.25) is 10.1 Å². The third kappa shape index (κ3) is 1.55. The summed E-state index contributed by atoms with van der Waals surface area (Å²) in [5, 5.41) is 14.2. The number of nitrogen functional groups attached to an aromatic ring is 1. The zero-order valence-corrected chi connectivity index (χ0v) is 8.49. The first-order valence-corrected chi connectivity index (χ1v) is 4.90. The maximum atomic E-state index is 10.9. The molecule has 1 aliphatic heterocycles. The summed E-state index contributed by atoms with van der Waals surface area (Å²) in [6.45, 7) is 2.76. The predicted molar refractivity (Wildman–Crippen MR) is 57.6 cm³/mol. The van der Waals surface area contributed by atoms with E-state index >= 15 is 0 Å². The van der Waals surface area contributed by atoms with Crippen molar-refractivity contribution in [2.45, 2.75) is 19.4 Å². The van der Waals surface area contributed by atoms with Crippen molar-refractivity contribution in [2.75, 3.05) is 12.3 Å². The van der Waals surface area contributed by atoms with Crippen LogP contribution in [0.4, 0.5) is 11.4 Å². The van der Waals surface area contributed by atoms with Gasteiger partial charge in [-0.15, -0.1) is 0 Å². The zero-order chi connectivity index (χ0) is 11.0. The highest BCUT2D eigenvalue weighted by molar-refractivity contribution is 5.65. The average molecular weight is 207 g/mol. The molecule has 0 bridgehead atoms. The summed E-state index contributed by atoms with van der Waals surface area (Å²) in [5.74, 6) is 0. The molecule has 1 atom stereocenters. The van der Waals surface area contributed by atoms with Gasteiger partial charge in [0.2, 0.25) is 0 Å². The summed E-state index contributed by atoms with van der Waals surface area (Å²) >= 11 is 0. The van der Waals surface area contributed by atoms with E-state index in [0.717, 1.165) is 17.7 Å². The molecule has 0 saturated heterocycles. The third-order valence-corrected chi connectivity index (χ3v) is 2.82. The largest absolute Gasteiger partial charge is 0.393 e. The monoisotopic (exact) mass is 207 g/mol. The van der Waals surface area contributed by atoms with E-state index in [-0.39, 0.29) is 22.3 Å². The lowest BCUT2D eigenvalue weighted by atomic mass is 9.93. The van der Waals surface area contributed by atoms with Gasteiger partial charge in [0, 0.05) is 18.2 Å². The molecule has 5 nitrogen and oxygen atoms in total. The fourth-order valence-electron chi connectivity index (χ4n) is 2.08. The molecule has 3 N–H and O–H groups in total. The normalized spacial score (nSPS) is 19.7. The Kier molecular flexibility index (Phi) is 2.32. The van der Waals surface area contributed by atoms with E-state index in [0.29, 0.717) is 6.42 Å². The van der Waals surface area contributed by atoms with E-state index in [1.165, 1.54) is 0 Å². The number of nitrogens with zero attached hydrogens (tertiary/aromatic N) is 1. The molecule has 5 heteroatoms. The van der Waals surface area contributed by atoms with Crippen LogP contribution in [-0.2, 0) is 6.42 Å². The summed E-state index contributed by atoms with van der Waals surface area (Å²) in [6.07, 6.45) is 0.668. The fourth-order valence-corrected chi connectivity index (χ4v) is 2.08. The third-order valence-electron chi connectivity index (χ3n) is 2.82. The van der Waals surface area contributed by atoms with Crippen molar-refractivity contribution in [3.05, 3.63) is 33.4 Å². The van der Waals surface area contributed by atoms with Crippen LogP contribution in [0.25, 0.3) is 0 Å². The molecule has 80 valence electrons. The second-order valence-corrected chi connectivity index (χ2v) is 3.75. The van der Waals surface area contributed by atoms with E-state index in [4.69, 9.17) is 5.73 Å². The van der Waals surface area contributed by atoms with Crippen LogP contribution in [0, 0.1) is 10.1 Å². The molecule has 1 unspecified atom stereocenters. The molecule has 0 aromatic heterocycles. The van der Waals surface area contributed by atoms with Crippen LogP contribution in [0.3, 0.4) is 0 Å². The minimum atomic E-state index is -0.383. The van der Waals surface area contributed by atoms with Crippen LogP contribution in [0.5, 0.6) is 0 Å². The minimum absolute atomic E-state index is 0.0841. The van der Waals surface area contributed by atoms with Crippen molar-refractivity contribution in [1.29, 1.82) is 0 Å². The van der Waals surface area contributed by atoms with Gasteiger partial charge in [0.15, 0.2) is 0 Å². The first-order chi connectivity index (χ1) is 7.11. The lowest BCUT2D eigenvalue weighted by molar-refractivity contribution is -0.384. The topological polar surface area (TPSA) is 81.2 Å². The Hall–Kier alpha value is -1.62. The second kappa shape index (κ2) is 3.51. The van der Waals surface area contributed by atoms with Crippen molar-refractivity contribution in [3.8, 4) is 0 Å². The molecule has 1 aromatic carbocycles. The Balaban J connectivity index is 2.63. The Morgan fingerprint density at radius 3 is 3.00 bits per heavy atom. The van der Waals surface area contributed by atoms with Gasteiger partial charge in [0.05, 0.1) is 4.92 Å². The number of anilines is 1. The minimum Gasteiger partial charge on any atom is -0.393 e. The molecule has 15 heavy (non-hydrogen) atoms. The van der Waals surface area contributed by atoms with Gasteiger partial charge in [-0.25, -0.2) is 0 Å². The zero-order valence-electron chi connectivity index (χ0n) is 8.49. The number of fused-ring (bicyclic) bond motifs is 1. The molecule has 1 heterocycles. The Morgan fingerprint density at radius 2 is 2.33 bits per heavy atom. The summed E-state index contributed by atoms with van der Waals surface area (Å²) < 4.78 is 0. The molecule has 0 spiro atoms. The highest BCUT2D eigenvalue weighted by atomic mass is 16.6. The molecule has 1 aliphatic rings. The Bertz CT molecular complexity index is 417. The summed E-state index contributed by atoms with van der Waals surface area (Å²) in [4.78, 5) is 10.5. The molecule has 0 fully saturated rings. The number of hydrogen-bond donors (Lipinski definition) is 2. The first-order valence-electron chi connectivity index (χ1n) is 4.90. The van der Waals surface area contributed by atoms with Gasteiger partial charge in [-0.1, -0.05) is 6.07 Å². The molecule has 0 aliphatic carbocycles. The van der Waals surface area contributed by atoms with Gasteiger partial charge >= 0.3 is 0 Å². The van der Waals surface area contributed by atoms with E-state index in [1.807, 2.05) is 13.0 Å². The lowest BCUT2D eigenvalue weighted by Gasteiger charge is -2.23. The lowest BCUT2D eigenvalue weighted by Crippen LogP contribution is -2.28. The van der Waals surface area contributed by atoms with Crippen molar-refractivity contribution in [3.63, 3.8) is 0 Å². The number of nitro groups is 1. The smallest absolute Gasteiger partial charge is 0.295 e. The Morgan fingerprint density at radius 1 is 1.60 bits per heavy atom. The average Bonchev–Trinajstić information content (AvgIpc) is 2.17. The van der Waals surface area contributed by atoms with Gasteiger partial charge in [0.1, 0.15) is 5.69 Å². The Labute approximate surface area is 87.4 Å². The summed E-state index contributed by atoms with van der Waals surface area (Å²) in [6, 6.07) is 3.64. The van der Waals surface area contributed by atoms with E-state index in [1.54, 1.807) is 6.07 Å². The highest BCUT2D eigenvalue weighted by Crippen LogP contribution is 2.34. The number of nitro benzene ring substituents is 1. The van der Waals surface area contributed by atoms with E-state index in [2.05, 4.69) is 5.32 Å². The van der Waals surface area contributed by atoms with Crippen LogP contribution < -0.4 is 11.1 Å². The number of benzene rings is 1. The van der Waals surface area contributed by atoms with Crippen molar-refractivity contribution < 1.29 is 4.92 Å². The summed E-state index contributed by atoms with van der Waals surface area (Å²) in [7, 11) is 0. The van der Waals surface area contributed by atoms with Gasteiger partial charge in [0.25, 0.3) is 5.69 Å². The van der Waals surface area contributed by atoms with Gasteiger partial charge in [-0.05, 0) is 25.0 Å². The van der Waals surface area contributed by atoms with Crippen LogP contribution in [0.1, 0.15) is 24.1 Å². The maximum absolute atomic E-state index is 10.9. The summed E-state index contributed by atoms with van der Waals surface area (Å²) in [5.41, 5.74) is 7.74. The molecule has 0 radical (unpaired) electrons. The van der Waals surface area contributed by atoms with Crippen LogP contribution in [0.15, 0.2) is 12.1 Å². The van der Waals surface area contributed by atoms with E-state index in [9.17, 15) is 10.1 Å². The number of nitrogens with one attached hydrogen (secondary N) is 1. The standard InChI is InChI=1S/C10H13N3O2/c1-6-7-2-3-9(11)10(13(14)15)8(7)4-5-12-6/h2-3,6,12H,4-5,11H2,1H3. The molecular weight excluding hydrogens is 194 g/mol. The van der Waals surface area contributed by atoms with Crippen LogP contribution in [0.2, 0.25) is 0 Å². The van der Waals surface area contributed by atoms with E-state index < -0.39 is 0 Å². The van der Waals surface area contributed by atoms with Gasteiger partial charge in [-0.2, -0.15) is 0 Å². The predicted octanol–water partition coefficient (Wildman–Crippen LogP) is 1.38. The quantitative estimate of drug-likeness (QED) is 0.414.